The summed E-state index contributed by atoms with van der Waals surface area (Å²) in [5.41, 5.74) is 3.76. The van der Waals surface area contributed by atoms with Crippen LogP contribution in [0.4, 0.5) is 4.79 Å². The van der Waals surface area contributed by atoms with Gasteiger partial charge in [-0.25, -0.2) is 4.79 Å². The summed E-state index contributed by atoms with van der Waals surface area (Å²) < 4.78 is 16.9. The van der Waals surface area contributed by atoms with Crippen LogP contribution in [0.15, 0.2) is 60.7 Å². The number of nitrogens with zero attached hydrogens (tertiary/aromatic N) is 2. The van der Waals surface area contributed by atoms with Gasteiger partial charge in [0.15, 0.2) is 14.4 Å². The lowest BCUT2D eigenvalue weighted by Crippen LogP contribution is -2.52. The first kappa shape index (κ1) is 41.3. The number of hydrogen-bond donors (Lipinski definition) is 3. The molecule has 0 heterocycles. The van der Waals surface area contributed by atoms with Crippen LogP contribution in [0.1, 0.15) is 73.4 Å². The molecular weight excluding hydrogens is 613 g/mol. The number of nitriles is 2. The van der Waals surface area contributed by atoms with Crippen molar-refractivity contribution in [2.24, 2.45) is 11.7 Å². The molecule has 1 amide bonds. The average Bonchev–Trinajstić information content (AvgIpc) is 2.93. The van der Waals surface area contributed by atoms with Crippen LogP contribution < -0.4 is 11.1 Å². The molecule has 10 nitrogen and oxygen atoms in total. The number of hydrogen-bond acceptors (Lipinski definition) is 9. The zero-order chi connectivity index (χ0) is 36.3. The Labute approximate surface area is 282 Å². The molecule has 258 valence electrons. The van der Waals surface area contributed by atoms with Gasteiger partial charge in [0.1, 0.15) is 23.2 Å². The number of esters is 1. The number of ether oxygens (including phenoxy) is 2. The predicted octanol–water partition coefficient (Wildman–Crippen LogP) is 6.39. The second-order valence-corrected chi connectivity index (χ2v) is 19.8. The molecule has 4 N–H and O–H groups in total. The van der Waals surface area contributed by atoms with Gasteiger partial charge in [-0.2, -0.15) is 10.5 Å². The number of carbonyl (C=O) groups is 2. The van der Waals surface area contributed by atoms with Gasteiger partial charge < -0.3 is 24.3 Å². The van der Waals surface area contributed by atoms with Crippen molar-refractivity contribution in [3.8, 4) is 12.1 Å². The summed E-state index contributed by atoms with van der Waals surface area (Å²) in [6.45, 7) is 21.2. The minimum absolute atomic E-state index is 0.0364. The molecule has 0 aliphatic heterocycles. The van der Waals surface area contributed by atoms with E-state index in [9.17, 15) is 20.0 Å². The normalized spacial score (nSPS) is 15.2. The summed E-state index contributed by atoms with van der Waals surface area (Å²) in [6, 6.07) is 22.1. The molecule has 1 unspecified atom stereocenters. The van der Waals surface area contributed by atoms with Gasteiger partial charge in [-0.1, -0.05) is 81.4 Å². The Bertz CT molecular complexity index is 1370. The maximum atomic E-state index is 12.4. The standard InChI is InChI=1S/C21H34N2O3Si.C15H20N2O3/c1-20(2,3)25-19(24)23-17(14-16-12-10-9-11-13-16)18(15-22)26-27(7,8)21(4,5)6;1-14(2,3)20-13(18)12(15(17,19)10-16)9-11-7-5-4-6-8-11/h9-13,17-18H,14H2,1-8H3,(H,23,24);4-8,12,19H,9,17H2,1-3H3/t17-,18+;12-,15?/m01/s1. The number of rotatable bonds is 10. The van der Waals surface area contributed by atoms with E-state index in [0.29, 0.717) is 6.42 Å². The Morgan fingerprint density at radius 1 is 0.830 bits per heavy atom. The van der Waals surface area contributed by atoms with Crippen molar-refractivity contribution in [1.29, 1.82) is 10.5 Å². The summed E-state index contributed by atoms with van der Waals surface area (Å²) in [6.07, 6.45) is -0.662. The summed E-state index contributed by atoms with van der Waals surface area (Å²) in [5, 5.41) is 31.5. The molecule has 0 fully saturated rings. The van der Waals surface area contributed by atoms with Crippen molar-refractivity contribution in [3.05, 3.63) is 71.8 Å². The Balaban J connectivity index is 0.000000491. The molecular formula is C36H54N4O6Si. The molecule has 2 rings (SSSR count). The van der Waals surface area contributed by atoms with Gasteiger partial charge in [0.05, 0.1) is 12.1 Å². The van der Waals surface area contributed by atoms with Crippen molar-refractivity contribution in [3.63, 3.8) is 0 Å². The number of nitrogens with one attached hydrogen (secondary N) is 1. The van der Waals surface area contributed by atoms with Gasteiger partial charge in [0.2, 0.25) is 5.72 Å². The van der Waals surface area contributed by atoms with Crippen molar-refractivity contribution in [1.82, 2.24) is 5.32 Å². The summed E-state index contributed by atoms with van der Waals surface area (Å²) in [5.74, 6) is -1.83. The molecule has 2 aromatic carbocycles. The molecule has 0 spiro atoms. The molecule has 0 aliphatic carbocycles. The van der Waals surface area contributed by atoms with E-state index < -0.39 is 55.4 Å². The second-order valence-electron chi connectivity index (χ2n) is 15.1. The lowest BCUT2D eigenvalue weighted by molar-refractivity contribution is -0.166. The van der Waals surface area contributed by atoms with E-state index in [2.05, 4.69) is 45.3 Å². The molecule has 47 heavy (non-hydrogen) atoms. The third-order valence-electron chi connectivity index (χ3n) is 7.41. The predicted molar refractivity (Wildman–Crippen MR) is 185 cm³/mol. The molecule has 0 saturated heterocycles. The van der Waals surface area contributed by atoms with Crippen LogP contribution in [0.25, 0.3) is 0 Å². The maximum Gasteiger partial charge on any atom is 0.408 e. The SMILES string of the molecule is CC(C)(C)OC(=O)N[C@@H](Cc1ccccc1)[C@@H](C#N)O[Si](C)(C)C(C)(C)C.CC(C)(C)OC(=O)[C@@H](Cc1ccccc1)C(N)(O)C#N. The fourth-order valence-electron chi connectivity index (χ4n) is 3.97. The van der Waals surface area contributed by atoms with Gasteiger partial charge in [0.25, 0.3) is 0 Å². The molecule has 4 atom stereocenters. The fourth-order valence-corrected chi connectivity index (χ4v) is 5.18. The highest BCUT2D eigenvalue weighted by atomic mass is 28.4. The summed E-state index contributed by atoms with van der Waals surface area (Å²) in [4.78, 5) is 24.5. The van der Waals surface area contributed by atoms with Crippen LogP contribution in [0, 0.1) is 28.6 Å². The van der Waals surface area contributed by atoms with Gasteiger partial charge in [0, 0.05) is 0 Å². The zero-order valence-electron chi connectivity index (χ0n) is 29.9. The number of carbonyl (C=O) groups excluding carboxylic acids is 2. The van der Waals surface area contributed by atoms with Crippen molar-refractivity contribution in [2.45, 2.75) is 122 Å². The molecule has 11 heteroatoms. The van der Waals surface area contributed by atoms with E-state index >= 15 is 0 Å². The quantitative estimate of drug-likeness (QED) is 0.113. The minimum atomic E-state index is -2.27. The minimum Gasteiger partial charge on any atom is -0.460 e. The summed E-state index contributed by atoms with van der Waals surface area (Å²) in [7, 11) is -2.18. The van der Waals surface area contributed by atoms with Crippen LogP contribution in [0.2, 0.25) is 18.1 Å². The lowest BCUT2D eigenvalue weighted by Gasteiger charge is -2.39. The van der Waals surface area contributed by atoms with Crippen LogP contribution >= 0.6 is 0 Å². The van der Waals surface area contributed by atoms with Gasteiger partial charge in [-0.3, -0.25) is 10.5 Å². The highest BCUT2D eigenvalue weighted by Gasteiger charge is 2.42. The van der Waals surface area contributed by atoms with E-state index in [4.69, 9.17) is 24.9 Å². The topological polar surface area (TPSA) is 168 Å². The highest BCUT2D eigenvalue weighted by molar-refractivity contribution is 6.74. The largest absolute Gasteiger partial charge is 0.460 e. The lowest BCUT2D eigenvalue weighted by atomic mass is 9.90. The average molecular weight is 667 g/mol. The Kier molecular flexibility index (Phi) is 14.8. The maximum absolute atomic E-state index is 12.4. The molecule has 0 bridgehead atoms. The smallest absolute Gasteiger partial charge is 0.408 e. The summed E-state index contributed by atoms with van der Waals surface area (Å²) >= 11 is 0. The molecule has 0 aromatic heterocycles. The van der Waals surface area contributed by atoms with Crippen LogP contribution in [-0.2, 0) is 31.5 Å². The Hall–Kier alpha value is -3.74. The number of amides is 1. The van der Waals surface area contributed by atoms with Crippen molar-refractivity contribution >= 4 is 20.4 Å². The number of aliphatic hydroxyl groups is 1. The second kappa shape index (κ2) is 16.9. The third kappa shape index (κ3) is 15.1. The molecule has 2 aromatic rings. The van der Waals surface area contributed by atoms with Crippen LogP contribution in [0.3, 0.4) is 0 Å². The first-order valence-electron chi connectivity index (χ1n) is 15.7. The molecule has 0 aliphatic rings. The van der Waals surface area contributed by atoms with Gasteiger partial charge in [-0.15, -0.1) is 0 Å². The zero-order valence-corrected chi connectivity index (χ0v) is 30.9. The monoisotopic (exact) mass is 666 g/mol. The van der Waals surface area contributed by atoms with E-state index in [1.807, 2.05) is 69.3 Å². The third-order valence-corrected chi connectivity index (χ3v) is 11.9. The number of alkyl carbamates (subject to hydrolysis) is 1. The van der Waals surface area contributed by atoms with Crippen molar-refractivity contribution in [2.75, 3.05) is 0 Å². The fraction of sp³-hybridized carbons (Fsp3) is 0.556. The Morgan fingerprint density at radius 2 is 1.28 bits per heavy atom. The van der Waals surface area contributed by atoms with E-state index in [0.717, 1.165) is 11.1 Å². The molecule has 0 saturated carbocycles. The first-order chi connectivity index (χ1) is 21.4. The molecule has 0 radical (unpaired) electrons. The van der Waals surface area contributed by atoms with Crippen LogP contribution in [0.5, 0.6) is 0 Å². The van der Waals surface area contributed by atoms with E-state index in [1.165, 1.54) is 0 Å². The highest BCUT2D eigenvalue weighted by Crippen LogP contribution is 2.37. The Morgan fingerprint density at radius 3 is 1.66 bits per heavy atom. The number of benzene rings is 2. The van der Waals surface area contributed by atoms with E-state index in [-0.39, 0.29) is 11.5 Å². The van der Waals surface area contributed by atoms with Crippen molar-refractivity contribution < 1.29 is 28.6 Å². The van der Waals surface area contributed by atoms with Gasteiger partial charge in [-0.05, 0) is 83.6 Å². The van der Waals surface area contributed by atoms with E-state index in [1.54, 1.807) is 39.0 Å². The number of nitrogens with two attached hydrogens (primary N) is 1. The first-order valence-corrected chi connectivity index (χ1v) is 18.6. The van der Waals surface area contributed by atoms with Crippen LogP contribution in [-0.4, -0.2) is 54.6 Å². The van der Waals surface area contributed by atoms with Gasteiger partial charge >= 0.3 is 12.1 Å².